The van der Waals surface area contributed by atoms with Crippen LogP contribution in [0.1, 0.15) is 11.7 Å². The number of ether oxygens (including phenoxy) is 1. The SMILES string of the molecule is O=C1NCC(c2cccc(SC(F)F)c2)O1. The number of cyclic esters (lactones) is 1. The van der Waals surface area contributed by atoms with E-state index in [4.69, 9.17) is 4.74 Å². The van der Waals surface area contributed by atoms with E-state index in [1.165, 1.54) is 0 Å². The van der Waals surface area contributed by atoms with Gasteiger partial charge < -0.3 is 10.1 Å². The van der Waals surface area contributed by atoms with Gasteiger partial charge >= 0.3 is 6.09 Å². The van der Waals surface area contributed by atoms with Gasteiger partial charge in [0, 0.05) is 4.90 Å². The van der Waals surface area contributed by atoms with Gasteiger partial charge in [-0.1, -0.05) is 23.9 Å². The van der Waals surface area contributed by atoms with E-state index in [-0.39, 0.29) is 6.10 Å². The zero-order valence-electron chi connectivity index (χ0n) is 8.15. The van der Waals surface area contributed by atoms with Crippen LogP contribution in [0.4, 0.5) is 13.6 Å². The van der Waals surface area contributed by atoms with Crippen molar-refractivity contribution in [2.24, 2.45) is 0 Å². The van der Waals surface area contributed by atoms with Crippen molar-refractivity contribution in [1.29, 1.82) is 0 Å². The van der Waals surface area contributed by atoms with Crippen molar-refractivity contribution in [3.05, 3.63) is 29.8 Å². The lowest BCUT2D eigenvalue weighted by atomic mass is 10.1. The van der Waals surface area contributed by atoms with Gasteiger partial charge in [0.25, 0.3) is 5.76 Å². The zero-order chi connectivity index (χ0) is 11.5. The van der Waals surface area contributed by atoms with E-state index in [9.17, 15) is 13.6 Å². The van der Waals surface area contributed by atoms with Gasteiger partial charge in [0.05, 0.1) is 6.54 Å². The Balaban J connectivity index is 2.12. The van der Waals surface area contributed by atoms with Crippen LogP contribution < -0.4 is 5.32 Å². The fourth-order valence-electron chi connectivity index (χ4n) is 1.47. The summed E-state index contributed by atoms with van der Waals surface area (Å²) in [5.41, 5.74) is 0.726. The average molecular weight is 245 g/mol. The van der Waals surface area contributed by atoms with Gasteiger partial charge in [0.1, 0.15) is 6.10 Å². The summed E-state index contributed by atoms with van der Waals surface area (Å²) >= 11 is 0.478. The van der Waals surface area contributed by atoms with Gasteiger partial charge in [-0.3, -0.25) is 0 Å². The molecule has 0 aromatic heterocycles. The number of rotatable bonds is 3. The number of alkyl halides is 2. The Hall–Kier alpha value is -1.30. The number of halogens is 2. The molecular formula is C10H9F2NO2S. The van der Waals surface area contributed by atoms with Crippen molar-refractivity contribution in [3.63, 3.8) is 0 Å². The molecule has 1 unspecified atom stereocenters. The van der Waals surface area contributed by atoms with Gasteiger partial charge in [0.15, 0.2) is 0 Å². The number of hydrogen-bond donors (Lipinski definition) is 1. The zero-order valence-corrected chi connectivity index (χ0v) is 8.97. The number of nitrogens with one attached hydrogen (secondary N) is 1. The Labute approximate surface area is 95.2 Å². The maximum atomic E-state index is 12.2. The standard InChI is InChI=1S/C10H9F2NO2S/c11-9(12)16-7-3-1-2-6(4-7)8-5-13-10(14)15-8/h1-4,8-9H,5H2,(H,13,14). The number of amides is 1. The van der Waals surface area contributed by atoms with Crippen molar-refractivity contribution >= 4 is 17.9 Å². The maximum absolute atomic E-state index is 12.2. The third-order valence-electron chi connectivity index (χ3n) is 2.14. The molecule has 1 fully saturated rings. The Morgan fingerprint density at radius 2 is 2.31 bits per heavy atom. The molecule has 16 heavy (non-hydrogen) atoms. The second kappa shape index (κ2) is 4.69. The predicted molar refractivity (Wildman–Crippen MR) is 55.5 cm³/mol. The van der Waals surface area contributed by atoms with Crippen LogP contribution in [-0.2, 0) is 4.74 Å². The Morgan fingerprint density at radius 3 is 2.94 bits per heavy atom. The smallest absolute Gasteiger partial charge is 0.407 e. The molecule has 1 heterocycles. The molecule has 1 aromatic rings. The van der Waals surface area contributed by atoms with Crippen LogP contribution in [0.15, 0.2) is 29.2 Å². The monoisotopic (exact) mass is 245 g/mol. The van der Waals surface area contributed by atoms with E-state index in [1.54, 1.807) is 24.3 Å². The Morgan fingerprint density at radius 1 is 1.50 bits per heavy atom. The first kappa shape index (κ1) is 11.2. The fourth-order valence-corrected chi connectivity index (χ4v) is 2.03. The van der Waals surface area contributed by atoms with Crippen molar-refractivity contribution in [2.75, 3.05) is 6.54 Å². The molecule has 0 radical (unpaired) electrons. The molecule has 0 bridgehead atoms. The molecule has 86 valence electrons. The van der Waals surface area contributed by atoms with Gasteiger partial charge in [-0.15, -0.1) is 0 Å². The minimum absolute atomic E-state index is 0.377. The molecule has 0 spiro atoms. The van der Waals surface area contributed by atoms with Crippen LogP contribution >= 0.6 is 11.8 Å². The maximum Gasteiger partial charge on any atom is 0.407 e. The third-order valence-corrected chi connectivity index (χ3v) is 2.84. The van der Waals surface area contributed by atoms with Gasteiger partial charge in [0.2, 0.25) is 0 Å². The summed E-state index contributed by atoms with van der Waals surface area (Å²) in [6.45, 7) is 0.377. The highest BCUT2D eigenvalue weighted by Crippen LogP contribution is 2.29. The molecule has 1 saturated heterocycles. The second-order valence-corrected chi connectivity index (χ2v) is 4.29. The summed E-state index contributed by atoms with van der Waals surface area (Å²) in [6.07, 6.45) is -0.859. The molecule has 1 aliphatic rings. The Bertz CT molecular complexity index is 400. The molecule has 0 saturated carbocycles. The van der Waals surface area contributed by atoms with Crippen LogP contribution in [0.25, 0.3) is 0 Å². The highest BCUT2D eigenvalue weighted by atomic mass is 32.2. The number of carbonyl (C=O) groups excluding carboxylic acids is 1. The molecule has 1 aromatic carbocycles. The number of alkyl carbamates (subject to hydrolysis) is 1. The van der Waals surface area contributed by atoms with Crippen molar-refractivity contribution in [1.82, 2.24) is 5.32 Å². The van der Waals surface area contributed by atoms with Gasteiger partial charge in [-0.25, -0.2) is 4.79 Å². The quantitative estimate of drug-likeness (QED) is 0.832. The summed E-state index contributed by atoms with van der Waals surface area (Å²) in [4.78, 5) is 11.3. The lowest BCUT2D eigenvalue weighted by Gasteiger charge is -2.09. The first-order chi connectivity index (χ1) is 7.65. The number of hydrogen-bond acceptors (Lipinski definition) is 3. The van der Waals surface area contributed by atoms with E-state index in [0.29, 0.717) is 23.2 Å². The average Bonchev–Trinajstić information content (AvgIpc) is 2.64. The summed E-state index contributed by atoms with van der Waals surface area (Å²) < 4.78 is 29.3. The lowest BCUT2D eigenvalue weighted by molar-refractivity contribution is 0.141. The fraction of sp³-hybridized carbons (Fsp3) is 0.300. The summed E-state index contributed by atoms with van der Waals surface area (Å²) in [7, 11) is 0. The number of benzene rings is 1. The van der Waals surface area contributed by atoms with E-state index in [0.717, 1.165) is 5.56 Å². The summed E-state index contributed by atoms with van der Waals surface area (Å²) in [5.74, 6) is -2.44. The van der Waals surface area contributed by atoms with Crippen LogP contribution in [0.3, 0.4) is 0 Å². The van der Waals surface area contributed by atoms with Crippen LogP contribution in [0.5, 0.6) is 0 Å². The molecule has 0 aliphatic carbocycles. The van der Waals surface area contributed by atoms with E-state index in [1.807, 2.05) is 0 Å². The normalized spacial score (nSPS) is 19.7. The first-order valence-electron chi connectivity index (χ1n) is 4.64. The molecule has 1 amide bonds. The number of thioether (sulfide) groups is 1. The minimum Gasteiger partial charge on any atom is -0.439 e. The molecule has 3 nitrogen and oxygen atoms in total. The predicted octanol–water partition coefficient (Wildman–Crippen LogP) is 2.78. The van der Waals surface area contributed by atoms with Crippen molar-refractivity contribution < 1.29 is 18.3 Å². The molecule has 1 atom stereocenters. The highest BCUT2D eigenvalue weighted by Gasteiger charge is 2.24. The highest BCUT2D eigenvalue weighted by molar-refractivity contribution is 7.99. The van der Waals surface area contributed by atoms with Gasteiger partial charge in [-0.2, -0.15) is 8.78 Å². The van der Waals surface area contributed by atoms with E-state index < -0.39 is 11.9 Å². The molecular weight excluding hydrogens is 236 g/mol. The molecule has 6 heteroatoms. The minimum atomic E-state index is -2.44. The number of carbonyl (C=O) groups is 1. The van der Waals surface area contributed by atoms with E-state index >= 15 is 0 Å². The molecule has 1 aliphatic heterocycles. The third kappa shape index (κ3) is 2.63. The molecule has 2 rings (SSSR count). The summed E-state index contributed by atoms with van der Waals surface area (Å²) in [6, 6.07) is 6.64. The largest absolute Gasteiger partial charge is 0.439 e. The summed E-state index contributed by atoms with van der Waals surface area (Å²) in [5, 5.41) is 2.51. The molecule has 1 N–H and O–H groups in total. The van der Waals surface area contributed by atoms with E-state index in [2.05, 4.69) is 5.32 Å². The first-order valence-corrected chi connectivity index (χ1v) is 5.52. The second-order valence-electron chi connectivity index (χ2n) is 3.23. The van der Waals surface area contributed by atoms with Crippen LogP contribution in [-0.4, -0.2) is 18.4 Å². The van der Waals surface area contributed by atoms with Crippen molar-refractivity contribution in [2.45, 2.75) is 16.8 Å². The van der Waals surface area contributed by atoms with Gasteiger partial charge in [-0.05, 0) is 17.7 Å². The van der Waals surface area contributed by atoms with Crippen molar-refractivity contribution in [3.8, 4) is 0 Å². The van der Waals surface area contributed by atoms with Crippen LogP contribution in [0, 0.1) is 0 Å². The van der Waals surface area contributed by atoms with Crippen LogP contribution in [0.2, 0.25) is 0 Å². The lowest BCUT2D eigenvalue weighted by Crippen LogP contribution is -2.12. The topological polar surface area (TPSA) is 38.3 Å². The Kier molecular flexibility index (Phi) is 3.28.